The van der Waals surface area contributed by atoms with Crippen LogP contribution in [-0.2, 0) is 12.7 Å². The van der Waals surface area contributed by atoms with Gasteiger partial charge in [-0.25, -0.2) is 9.97 Å². The van der Waals surface area contributed by atoms with Gasteiger partial charge in [0.05, 0.1) is 0 Å². The van der Waals surface area contributed by atoms with E-state index in [9.17, 15) is 13.2 Å². The van der Waals surface area contributed by atoms with Crippen molar-refractivity contribution in [3.8, 4) is 0 Å². The first kappa shape index (κ1) is 17.9. The van der Waals surface area contributed by atoms with Crippen molar-refractivity contribution in [3.05, 3.63) is 41.9 Å². The molecule has 0 unspecified atom stereocenters. The van der Waals surface area contributed by atoms with Crippen molar-refractivity contribution in [2.45, 2.75) is 17.9 Å². The van der Waals surface area contributed by atoms with Gasteiger partial charge in [0.15, 0.2) is 5.16 Å². The molecule has 0 saturated carbocycles. The lowest BCUT2D eigenvalue weighted by atomic mass is 10.2. The van der Waals surface area contributed by atoms with Gasteiger partial charge >= 0.3 is 6.18 Å². The van der Waals surface area contributed by atoms with Crippen LogP contribution in [0.1, 0.15) is 11.3 Å². The highest BCUT2D eigenvalue weighted by molar-refractivity contribution is 7.98. The minimum Gasteiger partial charge on any atom is -0.354 e. The lowest BCUT2D eigenvalue weighted by Gasteiger charge is -2.35. The van der Waals surface area contributed by atoms with Crippen LogP contribution in [0.5, 0.6) is 0 Å². The van der Waals surface area contributed by atoms with E-state index >= 15 is 0 Å². The normalized spacial score (nSPS) is 16.2. The topological polar surface area (TPSA) is 45.2 Å². The third-order valence-corrected chi connectivity index (χ3v) is 4.58. The number of pyridine rings is 1. The van der Waals surface area contributed by atoms with Gasteiger partial charge in [-0.15, -0.1) is 0 Å². The molecule has 1 aliphatic rings. The van der Waals surface area contributed by atoms with Crippen molar-refractivity contribution in [3.63, 3.8) is 0 Å². The summed E-state index contributed by atoms with van der Waals surface area (Å²) >= 11 is 1.50. The third-order valence-electron chi connectivity index (χ3n) is 4.02. The SMILES string of the molecule is CSc1nccc(N2CCN(Cc3ccnc(C(F)(F)F)c3)CC2)n1. The van der Waals surface area contributed by atoms with Gasteiger partial charge in [0.25, 0.3) is 0 Å². The summed E-state index contributed by atoms with van der Waals surface area (Å²) < 4.78 is 38.3. The van der Waals surface area contributed by atoms with Crippen LogP contribution in [-0.4, -0.2) is 52.3 Å². The number of anilines is 1. The zero-order chi connectivity index (χ0) is 17.9. The second-order valence-corrected chi connectivity index (χ2v) is 6.49. The molecule has 9 heteroatoms. The summed E-state index contributed by atoms with van der Waals surface area (Å²) in [6, 6.07) is 4.65. The molecule has 0 radical (unpaired) electrons. The first-order valence-corrected chi connectivity index (χ1v) is 9.04. The highest BCUT2D eigenvalue weighted by Crippen LogP contribution is 2.28. The molecular weight excluding hydrogens is 351 g/mol. The minimum atomic E-state index is -4.41. The number of halogens is 3. The summed E-state index contributed by atoms with van der Waals surface area (Å²) in [6.45, 7) is 3.58. The van der Waals surface area contributed by atoms with Gasteiger partial charge in [0.1, 0.15) is 11.5 Å². The third kappa shape index (κ3) is 4.60. The highest BCUT2D eigenvalue weighted by atomic mass is 32.2. The first-order chi connectivity index (χ1) is 12.0. The summed E-state index contributed by atoms with van der Waals surface area (Å²) in [5, 5.41) is 0.733. The van der Waals surface area contributed by atoms with Crippen LogP contribution in [0, 0.1) is 0 Å². The van der Waals surface area contributed by atoms with Gasteiger partial charge in [0, 0.05) is 45.1 Å². The van der Waals surface area contributed by atoms with Crippen LogP contribution in [0.3, 0.4) is 0 Å². The Labute approximate surface area is 148 Å². The zero-order valence-electron chi connectivity index (χ0n) is 13.7. The van der Waals surface area contributed by atoms with E-state index in [4.69, 9.17) is 0 Å². The van der Waals surface area contributed by atoms with Crippen molar-refractivity contribution >= 4 is 17.6 Å². The Kier molecular flexibility index (Phi) is 5.43. The number of rotatable bonds is 4. The molecule has 0 spiro atoms. The van der Waals surface area contributed by atoms with E-state index in [1.807, 2.05) is 12.3 Å². The fourth-order valence-electron chi connectivity index (χ4n) is 2.73. The quantitative estimate of drug-likeness (QED) is 0.610. The van der Waals surface area contributed by atoms with E-state index in [2.05, 4.69) is 24.8 Å². The Morgan fingerprint density at radius 1 is 1.08 bits per heavy atom. The van der Waals surface area contributed by atoms with Crippen LogP contribution in [0.25, 0.3) is 0 Å². The molecule has 3 heterocycles. The minimum absolute atomic E-state index is 0.485. The Morgan fingerprint density at radius 3 is 2.48 bits per heavy atom. The molecule has 1 saturated heterocycles. The van der Waals surface area contributed by atoms with Crippen molar-refractivity contribution in [2.24, 2.45) is 0 Å². The smallest absolute Gasteiger partial charge is 0.354 e. The van der Waals surface area contributed by atoms with Gasteiger partial charge in [-0.05, 0) is 30.0 Å². The van der Waals surface area contributed by atoms with E-state index < -0.39 is 11.9 Å². The van der Waals surface area contributed by atoms with Crippen LogP contribution in [0.4, 0.5) is 19.0 Å². The van der Waals surface area contributed by atoms with Crippen molar-refractivity contribution < 1.29 is 13.2 Å². The van der Waals surface area contributed by atoms with E-state index in [1.54, 1.807) is 12.3 Å². The molecule has 2 aromatic heterocycles. The fourth-order valence-corrected chi connectivity index (χ4v) is 3.08. The Hall–Kier alpha value is -1.87. The van der Waals surface area contributed by atoms with Crippen LogP contribution in [0.15, 0.2) is 35.7 Å². The number of hydrogen-bond donors (Lipinski definition) is 0. The number of piperazine rings is 1. The van der Waals surface area contributed by atoms with Gasteiger partial charge in [0.2, 0.25) is 0 Å². The van der Waals surface area contributed by atoms with Crippen molar-refractivity contribution in [1.82, 2.24) is 19.9 Å². The molecular formula is C16H18F3N5S. The zero-order valence-corrected chi connectivity index (χ0v) is 14.5. The van der Waals surface area contributed by atoms with Gasteiger partial charge in [-0.3, -0.25) is 9.88 Å². The maximum atomic E-state index is 12.8. The second kappa shape index (κ2) is 7.57. The Morgan fingerprint density at radius 2 is 1.80 bits per heavy atom. The van der Waals surface area contributed by atoms with Gasteiger partial charge in [-0.2, -0.15) is 13.2 Å². The molecule has 0 bridgehead atoms. The molecule has 1 aliphatic heterocycles. The largest absolute Gasteiger partial charge is 0.433 e. The lowest BCUT2D eigenvalue weighted by Crippen LogP contribution is -2.46. The van der Waals surface area contributed by atoms with Crippen LogP contribution >= 0.6 is 11.8 Å². The average molecular weight is 369 g/mol. The predicted molar refractivity (Wildman–Crippen MR) is 90.5 cm³/mol. The molecule has 0 aliphatic carbocycles. The average Bonchev–Trinajstić information content (AvgIpc) is 2.62. The summed E-state index contributed by atoms with van der Waals surface area (Å²) in [5.41, 5.74) is -0.211. The van der Waals surface area contributed by atoms with Gasteiger partial charge in [-0.1, -0.05) is 11.8 Å². The van der Waals surface area contributed by atoms with Crippen molar-refractivity contribution in [1.29, 1.82) is 0 Å². The number of thioether (sulfide) groups is 1. The molecule has 1 fully saturated rings. The molecule has 0 N–H and O–H groups in total. The summed E-state index contributed by atoms with van der Waals surface area (Å²) in [7, 11) is 0. The maximum absolute atomic E-state index is 12.8. The highest BCUT2D eigenvalue weighted by Gasteiger charge is 2.32. The summed E-state index contributed by atoms with van der Waals surface area (Å²) in [5.74, 6) is 0.891. The number of aromatic nitrogens is 3. The van der Waals surface area contributed by atoms with E-state index in [-0.39, 0.29) is 0 Å². The maximum Gasteiger partial charge on any atom is 0.433 e. The number of hydrogen-bond acceptors (Lipinski definition) is 6. The Balaban J connectivity index is 1.59. The first-order valence-electron chi connectivity index (χ1n) is 7.82. The van der Waals surface area contributed by atoms with Crippen molar-refractivity contribution in [2.75, 3.05) is 37.3 Å². The second-order valence-electron chi connectivity index (χ2n) is 5.71. The molecule has 5 nitrogen and oxygen atoms in total. The lowest BCUT2D eigenvalue weighted by molar-refractivity contribution is -0.141. The molecule has 2 aromatic rings. The monoisotopic (exact) mass is 369 g/mol. The molecule has 0 amide bonds. The van der Waals surface area contributed by atoms with Crippen LogP contribution in [0.2, 0.25) is 0 Å². The standard InChI is InChI=1S/C16H18F3N5S/c1-25-15-21-5-3-14(22-15)24-8-6-23(7-9-24)11-12-2-4-20-13(10-12)16(17,18)19/h2-5,10H,6-9,11H2,1H3. The molecule has 0 atom stereocenters. The van der Waals surface area contributed by atoms with E-state index in [1.165, 1.54) is 18.0 Å². The summed E-state index contributed by atoms with van der Waals surface area (Å²) in [6.07, 6.45) is 0.493. The van der Waals surface area contributed by atoms with E-state index in [0.29, 0.717) is 12.1 Å². The molecule has 0 aromatic carbocycles. The fraction of sp³-hybridized carbons (Fsp3) is 0.438. The predicted octanol–water partition coefficient (Wildman–Crippen LogP) is 2.93. The summed E-state index contributed by atoms with van der Waals surface area (Å²) in [4.78, 5) is 16.4. The number of alkyl halides is 3. The number of nitrogens with zero attached hydrogens (tertiary/aromatic N) is 5. The Bertz CT molecular complexity index is 717. The molecule has 25 heavy (non-hydrogen) atoms. The van der Waals surface area contributed by atoms with Crippen LogP contribution < -0.4 is 4.90 Å². The molecule has 134 valence electrons. The molecule has 3 rings (SSSR count). The van der Waals surface area contributed by atoms with E-state index in [0.717, 1.165) is 43.2 Å². The van der Waals surface area contributed by atoms with Gasteiger partial charge < -0.3 is 4.90 Å².